The van der Waals surface area contributed by atoms with E-state index in [9.17, 15) is 4.79 Å². The van der Waals surface area contributed by atoms with Crippen molar-refractivity contribution in [1.82, 2.24) is 5.06 Å². The first-order valence-corrected chi connectivity index (χ1v) is 15.7. The highest BCUT2D eigenvalue weighted by Gasteiger charge is 2.25. The number of allylic oxidation sites excluding steroid dienone is 1. The zero-order chi connectivity index (χ0) is 28.5. The molecule has 1 unspecified atom stereocenters. The van der Waals surface area contributed by atoms with Gasteiger partial charge in [-0.25, -0.2) is 9.63 Å². The fourth-order valence-electron chi connectivity index (χ4n) is 6.44. The molecule has 3 aromatic carbocycles. The van der Waals surface area contributed by atoms with Crippen molar-refractivity contribution < 1.29 is 19.1 Å². The molecule has 1 aliphatic heterocycles. The maximum atomic E-state index is 12.3. The molecule has 4 aromatic rings. The molecule has 1 atom stereocenters. The topological polar surface area (TPSA) is 48.0 Å². The third kappa shape index (κ3) is 5.42. The van der Waals surface area contributed by atoms with Crippen molar-refractivity contribution in [2.75, 3.05) is 13.7 Å². The van der Waals surface area contributed by atoms with Crippen LogP contribution in [0.15, 0.2) is 72.8 Å². The molecule has 214 valence electrons. The van der Waals surface area contributed by atoms with Crippen molar-refractivity contribution in [3.05, 3.63) is 105 Å². The number of rotatable bonds is 6. The van der Waals surface area contributed by atoms with E-state index in [0.29, 0.717) is 13.2 Å². The van der Waals surface area contributed by atoms with E-state index < -0.39 is 12.4 Å². The Kier molecular flexibility index (Phi) is 7.68. The Morgan fingerprint density at radius 2 is 1.71 bits per heavy atom. The van der Waals surface area contributed by atoms with Gasteiger partial charge in [-0.1, -0.05) is 66.7 Å². The molecule has 0 N–H and O–H groups in total. The quantitative estimate of drug-likeness (QED) is 0.215. The van der Waals surface area contributed by atoms with Crippen LogP contribution in [0.1, 0.15) is 58.4 Å². The first kappa shape index (κ1) is 27.1. The molecular formula is C36H35NO4S. The number of hydroxylamine groups is 2. The second-order valence-electron chi connectivity index (χ2n) is 11.3. The van der Waals surface area contributed by atoms with Gasteiger partial charge in [0.2, 0.25) is 0 Å². The molecule has 1 aromatic heterocycles. The van der Waals surface area contributed by atoms with E-state index >= 15 is 0 Å². The standard InChI is InChI=1S/C36H35NO4S/c1-39-36(38)37(41-35-8-4-5-21-40-35)23-24-9-11-26(12-10-24)33-19-20-34(42-33)28-15-16-30-27(22-28)14-18-31-29-7-3-2-6-25(29)13-17-32(30)31/h2-3,6-7,9-12,14,18-20,22,35H,4-5,8,13,15-17,21,23H2,1H3. The maximum absolute atomic E-state index is 12.3. The molecule has 7 rings (SSSR count). The highest BCUT2D eigenvalue weighted by molar-refractivity contribution is 7.16. The lowest BCUT2D eigenvalue weighted by atomic mass is 9.78. The van der Waals surface area contributed by atoms with Crippen LogP contribution in [0, 0.1) is 0 Å². The zero-order valence-corrected chi connectivity index (χ0v) is 24.8. The molecule has 6 heteroatoms. The molecule has 3 aliphatic rings. The Labute approximate surface area is 251 Å². The molecule has 0 spiro atoms. The van der Waals surface area contributed by atoms with E-state index in [1.54, 1.807) is 5.56 Å². The van der Waals surface area contributed by atoms with Crippen LogP contribution < -0.4 is 0 Å². The summed E-state index contributed by atoms with van der Waals surface area (Å²) in [4.78, 5) is 20.8. The molecule has 1 fully saturated rings. The van der Waals surface area contributed by atoms with Crippen LogP contribution in [-0.4, -0.2) is 31.2 Å². The van der Waals surface area contributed by atoms with Gasteiger partial charge in [0.05, 0.1) is 13.7 Å². The van der Waals surface area contributed by atoms with Crippen LogP contribution in [0.5, 0.6) is 0 Å². The Balaban J connectivity index is 1.07. The predicted molar refractivity (Wildman–Crippen MR) is 168 cm³/mol. The molecule has 1 amide bonds. The second-order valence-corrected chi connectivity index (χ2v) is 12.3. The zero-order valence-electron chi connectivity index (χ0n) is 23.9. The number of fused-ring (bicyclic) bond motifs is 5. The van der Waals surface area contributed by atoms with Crippen LogP contribution in [0.4, 0.5) is 4.79 Å². The fraction of sp³-hybridized carbons (Fsp3) is 0.306. The predicted octanol–water partition coefficient (Wildman–Crippen LogP) is 8.69. The van der Waals surface area contributed by atoms with Gasteiger partial charge in [-0.05, 0) is 101 Å². The molecule has 2 heterocycles. The van der Waals surface area contributed by atoms with Crippen molar-refractivity contribution in [1.29, 1.82) is 0 Å². The van der Waals surface area contributed by atoms with Gasteiger partial charge in [-0.2, -0.15) is 5.06 Å². The number of thiophene rings is 1. The number of benzene rings is 3. The number of carbonyl (C=O) groups excluding carboxylic acids is 1. The Morgan fingerprint density at radius 1 is 0.881 bits per heavy atom. The molecular weight excluding hydrogens is 542 g/mol. The van der Waals surface area contributed by atoms with Gasteiger partial charge in [0.15, 0.2) is 6.29 Å². The van der Waals surface area contributed by atoms with Crippen molar-refractivity contribution in [3.63, 3.8) is 0 Å². The van der Waals surface area contributed by atoms with Gasteiger partial charge in [0.25, 0.3) is 0 Å². The highest BCUT2D eigenvalue weighted by Crippen LogP contribution is 2.42. The number of nitrogens with zero attached hydrogens (tertiary/aromatic N) is 1. The van der Waals surface area contributed by atoms with Gasteiger partial charge in [-0.3, -0.25) is 0 Å². The number of ether oxygens (including phenoxy) is 2. The van der Waals surface area contributed by atoms with E-state index in [1.165, 1.54) is 60.9 Å². The van der Waals surface area contributed by atoms with E-state index in [2.05, 4.69) is 66.7 Å². The van der Waals surface area contributed by atoms with Crippen molar-refractivity contribution >= 4 is 29.1 Å². The monoisotopic (exact) mass is 577 g/mol. The molecule has 1 saturated heterocycles. The number of aryl methyl sites for hydroxylation is 1. The molecule has 0 bridgehead atoms. The summed E-state index contributed by atoms with van der Waals surface area (Å²) in [7, 11) is 1.37. The molecule has 2 aliphatic carbocycles. The SMILES string of the molecule is COC(=O)N(Cc1ccc(-c2ccc(C3=Cc4ccc5c(c4CC3)CCc3ccccc3-5)s2)cc1)OC1CCCCO1. The number of carbonyl (C=O) groups is 1. The summed E-state index contributed by atoms with van der Waals surface area (Å²) >= 11 is 1.84. The first-order valence-electron chi connectivity index (χ1n) is 14.9. The number of methoxy groups -OCH3 is 1. The van der Waals surface area contributed by atoms with Gasteiger partial charge >= 0.3 is 6.09 Å². The summed E-state index contributed by atoms with van der Waals surface area (Å²) in [6.07, 6.45) is 8.72. The van der Waals surface area contributed by atoms with Crippen LogP contribution in [0.25, 0.3) is 33.2 Å². The van der Waals surface area contributed by atoms with Gasteiger partial charge in [0.1, 0.15) is 0 Å². The third-order valence-electron chi connectivity index (χ3n) is 8.64. The smallest absolute Gasteiger partial charge is 0.434 e. The van der Waals surface area contributed by atoms with E-state index in [1.807, 2.05) is 23.5 Å². The second kappa shape index (κ2) is 11.9. The first-order chi connectivity index (χ1) is 20.7. The highest BCUT2D eigenvalue weighted by atomic mass is 32.1. The number of hydrogen-bond acceptors (Lipinski definition) is 5. The Morgan fingerprint density at radius 3 is 2.55 bits per heavy atom. The van der Waals surface area contributed by atoms with Crippen LogP contribution in [-0.2, 0) is 40.1 Å². The summed E-state index contributed by atoms with van der Waals surface area (Å²) in [5.74, 6) is 0. The largest absolute Gasteiger partial charge is 0.451 e. The van der Waals surface area contributed by atoms with Gasteiger partial charge in [-0.15, -0.1) is 11.3 Å². The van der Waals surface area contributed by atoms with E-state index in [-0.39, 0.29) is 0 Å². The lowest BCUT2D eigenvalue weighted by molar-refractivity contribution is -0.275. The van der Waals surface area contributed by atoms with E-state index in [4.69, 9.17) is 14.3 Å². The third-order valence-corrected chi connectivity index (χ3v) is 9.85. The summed E-state index contributed by atoms with van der Waals surface area (Å²) in [6, 6.07) is 26.3. The van der Waals surface area contributed by atoms with Crippen molar-refractivity contribution in [2.45, 2.75) is 57.8 Å². The minimum atomic E-state index is -0.524. The van der Waals surface area contributed by atoms with Crippen LogP contribution in [0.2, 0.25) is 0 Å². The number of amides is 1. The Hall–Kier alpha value is -3.71. The molecule has 5 nitrogen and oxygen atoms in total. The summed E-state index contributed by atoms with van der Waals surface area (Å²) < 4.78 is 10.6. The van der Waals surface area contributed by atoms with Crippen LogP contribution in [0.3, 0.4) is 0 Å². The van der Waals surface area contributed by atoms with E-state index in [0.717, 1.165) is 50.5 Å². The van der Waals surface area contributed by atoms with Crippen molar-refractivity contribution in [2.24, 2.45) is 0 Å². The average molecular weight is 578 g/mol. The molecule has 42 heavy (non-hydrogen) atoms. The van der Waals surface area contributed by atoms with Gasteiger partial charge in [0, 0.05) is 22.8 Å². The van der Waals surface area contributed by atoms with Crippen LogP contribution >= 0.6 is 11.3 Å². The summed E-state index contributed by atoms with van der Waals surface area (Å²) in [5, 5.41) is 1.26. The maximum Gasteiger partial charge on any atom is 0.434 e. The Bertz CT molecular complexity index is 1630. The minimum absolute atomic E-state index is 0.296. The average Bonchev–Trinajstić information content (AvgIpc) is 3.55. The fourth-order valence-corrected chi connectivity index (χ4v) is 7.50. The lowest BCUT2D eigenvalue weighted by Crippen LogP contribution is -2.37. The summed E-state index contributed by atoms with van der Waals surface area (Å²) in [6.45, 7) is 0.946. The molecule has 0 saturated carbocycles. The normalized spacial score (nSPS) is 17.5. The lowest BCUT2D eigenvalue weighted by Gasteiger charge is -2.28. The summed E-state index contributed by atoms with van der Waals surface area (Å²) in [5.41, 5.74) is 12.3. The van der Waals surface area contributed by atoms with Gasteiger partial charge < -0.3 is 9.47 Å². The molecule has 0 radical (unpaired) electrons. The van der Waals surface area contributed by atoms with Crippen molar-refractivity contribution in [3.8, 4) is 21.6 Å². The minimum Gasteiger partial charge on any atom is -0.451 e. The number of hydrogen-bond donors (Lipinski definition) is 0.